The third kappa shape index (κ3) is 6.36. The number of amides is 1. The predicted molar refractivity (Wildman–Crippen MR) is 119 cm³/mol. The van der Waals surface area contributed by atoms with Gasteiger partial charge in [-0.05, 0) is 55.7 Å². The summed E-state index contributed by atoms with van der Waals surface area (Å²) in [6.07, 6.45) is 1.38. The molecule has 0 saturated carbocycles. The van der Waals surface area contributed by atoms with Crippen LogP contribution in [0.4, 0.5) is 0 Å². The van der Waals surface area contributed by atoms with Gasteiger partial charge in [0.1, 0.15) is 0 Å². The second kappa shape index (κ2) is 10.4. The number of hydrogen-bond donors (Lipinski definition) is 2. The minimum absolute atomic E-state index is 0.0499. The first-order chi connectivity index (χ1) is 14.5. The molecule has 170 valence electrons. The normalized spacial score (nSPS) is 13.2. The topological polar surface area (TPSA) is 127 Å². The van der Waals surface area contributed by atoms with E-state index in [2.05, 4.69) is 5.32 Å². The van der Waals surface area contributed by atoms with Crippen LogP contribution in [0.3, 0.4) is 0 Å². The van der Waals surface area contributed by atoms with E-state index in [1.54, 1.807) is 19.1 Å². The summed E-state index contributed by atoms with van der Waals surface area (Å²) in [7, 11) is -7.57. The van der Waals surface area contributed by atoms with Gasteiger partial charge in [-0.2, -0.15) is 4.31 Å². The Kier molecular flexibility index (Phi) is 8.35. The molecule has 1 unspecified atom stereocenters. The van der Waals surface area contributed by atoms with Crippen molar-refractivity contribution in [1.29, 1.82) is 0 Å². The molecule has 0 radical (unpaired) electrons. The van der Waals surface area contributed by atoms with Gasteiger partial charge in [-0.1, -0.05) is 32.0 Å². The minimum Gasteiger partial charge on any atom is -0.346 e. The molecule has 3 N–H and O–H groups in total. The highest BCUT2D eigenvalue weighted by molar-refractivity contribution is 7.89. The van der Waals surface area contributed by atoms with Crippen LogP contribution in [0.2, 0.25) is 0 Å². The summed E-state index contributed by atoms with van der Waals surface area (Å²) in [5, 5.41) is 7.93. The summed E-state index contributed by atoms with van der Waals surface area (Å²) in [5.74, 6) is -0.469. The number of carbonyl (C=O) groups excluding carboxylic acids is 1. The summed E-state index contributed by atoms with van der Waals surface area (Å²) < 4.78 is 50.5. The monoisotopic (exact) mass is 467 g/mol. The Hall–Kier alpha value is -2.27. The van der Waals surface area contributed by atoms with Gasteiger partial charge in [-0.15, -0.1) is 0 Å². The van der Waals surface area contributed by atoms with Crippen molar-refractivity contribution < 1.29 is 21.6 Å². The average molecular weight is 468 g/mol. The van der Waals surface area contributed by atoms with E-state index in [9.17, 15) is 21.6 Å². The molecule has 0 aliphatic carbocycles. The van der Waals surface area contributed by atoms with E-state index in [0.29, 0.717) is 31.5 Å². The van der Waals surface area contributed by atoms with E-state index >= 15 is 0 Å². The van der Waals surface area contributed by atoms with Crippen LogP contribution < -0.4 is 10.5 Å². The maximum Gasteiger partial charge on any atom is 0.251 e. The van der Waals surface area contributed by atoms with Crippen molar-refractivity contribution in [3.8, 4) is 0 Å². The lowest BCUT2D eigenvalue weighted by molar-refractivity contribution is 0.0939. The second-order valence-electron chi connectivity index (χ2n) is 7.24. The van der Waals surface area contributed by atoms with Gasteiger partial charge in [0.05, 0.1) is 15.8 Å². The summed E-state index contributed by atoms with van der Waals surface area (Å²) in [4.78, 5) is 12.8. The largest absolute Gasteiger partial charge is 0.346 e. The lowest BCUT2D eigenvalue weighted by Gasteiger charge is -2.21. The first-order valence-electron chi connectivity index (χ1n) is 10.0. The molecule has 0 saturated heterocycles. The summed E-state index contributed by atoms with van der Waals surface area (Å²) in [6, 6.07) is 11.4. The zero-order chi connectivity index (χ0) is 23.2. The second-order valence-corrected chi connectivity index (χ2v) is 10.7. The zero-order valence-corrected chi connectivity index (χ0v) is 19.5. The smallest absolute Gasteiger partial charge is 0.251 e. The molecular weight excluding hydrogens is 438 g/mol. The molecule has 0 bridgehead atoms. The van der Waals surface area contributed by atoms with Crippen LogP contribution in [-0.4, -0.2) is 40.1 Å². The quantitative estimate of drug-likeness (QED) is 0.555. The molecule has 0 heterocycles. The molecule has 1 atom stereocenters. The van der Waals surface area contributed by atoms with Gasteiger partial charge in [0.15, 0.2) is 0 Å². The van der Waals surface area contributed by atoms with Gasteiger partial charge >= 0.3 is 0 Å². The van der Waals surface area contributed by atoms with Crippen molar-refractivity contribution in [2.75, 3.05) is 13.1 Å². The number of hydrogen-bond acceptors (Lipinski definition) is 5. The van der Waals surface area contributed by atoms with Gasteiger partial charge in [0.25, 0.3) is 5.91 Å². The molecule has 0 fully saturated rings. The third-order valence-corrected chi connectivity index (χ3v) is 7.52. The Morgan fingerprint density at radius 1 is 0.968 bits per heavy atom. The number of primary sulfonamides is 1. The van der Waals surface area contributed by atoms with Crippen LogP contribution in [0.25, 0.3) is 0 Å². The Bertz CT molecular complexity index is 1130. The van der Waals surface area contributed by atoms with Crippen LogP contribution in [0, 0.1) is 0 Å². The van der Waals surface area contributed by atoms with Crippen molar-refractivity contribution in [2.24, 2.45) is 5.14 Å². The summed E-state index contributed by atoms with van der Waals surface area (Å²) >= 11 is 0. The number of rotatable bonds is 10. The summed E-state index contributed by atoms with van der Waals surface area (Å²) in [6.45, 7) is 6.34. The first kappa shape index (κ1) is 25.0. The molecule has 2 aromatic rings. The van der Waals surface area contributed by atoms with Crippen molar-refractivity contribution in [3.05, 3.63) is 59.7 Å². The zero-order valence-electron chi connectivity index (χ0n) is 17.9. The highest BCUT2D eigenvalue weighted by Gasteiger charge is 2.24. The van der Waals surface area contributed by atoms with Crippen LogP contribution in [0.1, 0.15) is 55.6 Å². The number of nitrogens with zero attached hydrogens (tertiary/aromatic N) is 1. The third-order valence-electron chi connectivity index (χ3n) is 4.71. The number of sulfonamides is 2. The number of benzene rings is 2. The van der Waals surface area contributed by atoms with E-state index in [1.165, 1.54) is 40.7 Å². The molecule has 2 rings (SSSR count). The van der Waals surface area contributed by atoms with Crippen molar-refractivity contribution in [2.45, 2.75) is 49.4 Å². The lowest BCUT2D eigenvalue weighted by atomic mass is 10.1. The summed E-state index contributed by atoms with van der Waals surface area (Å²) in [5.41, 5.74) is 0.754. The van der Waals surface area contributed by atoms with Crippen LogP contribution in [0.5, 0.6) is 0 Å². The fraction of sp³-hybridized carbons (Fsp3) is 0.381. The minimum atomic E-state index is -3.86. The maximum absolute atomic E-state index is 13.0. The molecular formula is C21H29N3O5S2. The van der Waals surface area contributed by atoms with Gasteiger partial charge in [-0.25, -0.2) is 22.0 Å². The fourth-order valence-corrected chi connectivity index (χ4v) is 5.36. The Morgan fingerprint density at radius 3 is 2.13 bits per heavy atom. The molecule has 1 amide bonds. The first-order valence-corrected chi connectivity index (χ1v) is 13.0. The fourth-order valence-electron chi connectivity index (χ4n) is 3.12. The molecule has 0 spiro atoms. The SMILES string of the molecule is CCCN(CCC)S(=O)(=O)c1cccc(C(=O)NC(C)c2cccc(S(N)(=O)=O)c2)c1. The van der Waals surface area contributed by atoms with Crippen molar-refractivity contribution >= 4 is 26.0 Å². The number of nitrogens with two attached hydrogens (primary N) is 1. The predicted octanol–water partition coefficient (Wildman–Crippen LogP) is 2.64. The van der Waals surface area contributed by atoms with Gasteiger partial charge < -0.3 is 5.32 Å². The van der Waals surface area contributed by atoms with Gasteiger partial charge in [-0.3, -0.25) is 4.79 Å². The van der Waals surface area contributed by atoms with E-state index in [4.69, 9.17) is 5.14 Å². The highest BCUT2D eigenvalue weighted by atomic mass is 32.2. The molecule has 0 aromatic heterocycles. The molecule has 10 heteroatoms. The van der Waals surface area contributed by atoms with E-state index in [-0.39, 0.29) is 15.4 Å². The van der Waals surface area contributed by atoms with E-state index < -0.39 is 32.0 Å². The van der Waals surface area contributed by atoms with E-state index in [0.717, 1.165) is 0 Å². The van der Waals surface area contributed by atoms with Crippen molar-refractivity contribution in [1.82, 2.24) is 9.62 Å². The van der Waals surface area contributed by atoms with Crippen LogP contribution in [-0.2, 0) is 20.0 Å². The molecule has 8 nitrogen and oxygen atoms in total. The standard InChI is InChI=1S/C21H29N3O5S2/c1-4-12-24(13-5-2)31(28,29)20-11-7-9-18(15-20)21(25)23-16(3)17-8-6-10-19(14-17)30(22,26)27/h6-11,14-16H,4-5,12-13H2,1-3H3,(H,23,25)(H2,22,26,27). The lowest BCUT2D eigenvalue weighted by Crippen LogP contribution is -2.33. The molecule has 31 heavy (non-hydrogen) atoms. The average Bonchev–Trinajstić information content (AvgIpc) is 2.73. The van der Waals surface area contributed by atoms with Crippen molar-refractivity contribution in [3.63, 3.8) is 0 Å². The highest BCUT2D eigenvalue weighted by Crippen LogP contribution is 2.20. The maximum atomic E-state index is 13.0. The number of nitrogens with one attached hydrogen (secondary N) is 1. The van der Waals surface area contributed by atoms with Crippen LogP contribution >= 0.6 is 0 Å². The van der Waals surface area contributed by atoms with Gasteiger partial charge in [0, 0.05) is 18.7 Å². The Labute approximate surface area is 184 Å². The van der Waals surface area contributed by atoms with Gasteiger partial charge in [0.2, 0.25) is 20.0 Å². The molecule has 0 aliphatic rings. The Morgan fingerprint density at radius 2 is 1.55 bits per heavy atom. The number of carbonyl (C=O) groups is 1. The van der Waals surface area contributed by atoms with E-state index in [1.807, 2.05) is 13.8 Å². The molecule has 0 aliphatic heterocycles. The van der Waals surface area contributed by atoms with Crippen LogP contribution in [0.15, 0.2) is 58.3 Å². The molecule has 2 aromatic carbocycles. The Balaban J connectivity index is 2.26.